The summed E-state index contributed by atoms with van der Waals surface area (Å²) in [7, 11) is -4.05. The van der Waals surface area contributed by atoms with E-state index in [0.29, 0.717) is 10.5 Å². The molecule has 0 aliphatic carbocycles. The summed E-state index contributed by atoms with van der Waals surface area (Å²) in [6, 6.07) is 16.7. The number of nitrogens with zero attached hydrogens (tertiary/aromatic N) is 2. The highest BCUT2D eigenvalue weighted by molar-refractivity contribution is 7.93. The minimum atomic E-state index is -4.05. The van der Waals surface area contributed by atoms with Crippen LogP contribution in [0.5, 0.6) is 0 Å². The number of aromatic nitrogens is 2. The maximum atomic E-state index is 13.1. The Hall–Kier alpha value is -3.01. The van der Waals surface area contributed by atoms with Crippen LogP contribution in [0.2, 0.25) is 5.02 Å². The summed E-state index contributed by atoms with van der Waals surface area (Å²) in [5.41, 5.74) is 3.03. The second-order valence-electron chi connectivity index (χ2n) is 7.29. The summed E-state index contributed by atoms with van der Waals surface area (Å²) in [5, 5.41) is 3.20. The minimum absolute atomic E-state index is 0.0249. The van der Waals surface area contributed by atoms with Gasteiger partial charge < -0.3 is 5.32 Å². The molecule has 1 atom stereocenters. The smallest absolute Gasteiger partial charge is 0.264 e. The molecule has 3 aromatic carbocycles. The first-order valence-electron chi connectivity index (χ1n) is 9.66. The van der Waals surface area contributed by atoms with Crippen molar-refractivity contribution < 1.29 is 13.2 Å². The Bertz CT molecular complexity index is 1400. The molecular weight excluding hydrogens is 468 g/mol. The Kier molecular flexibility index (Phi) is 6.14. The molecule has 0 aliphatic rings. The Morgan fingerprint density at radius 3 is 2.56 bits per heavy atom. The lowest BCUT2D eigenvalue weighted by atomic mass is 10.1. The number of carbonyl (C=O) groups excluding carboxylic acids is 1. The molecule has 1 unspecified atom stereocenters. The van der Waals surface area contributed by atoms with Crippen LogP contribution in [0.25, 0.3) is 11.0 Å². The van der Waals surface area contributed by atoms with E-state index in [0.717, 1.165) is 22.9 Å². The first kappa shape index (κ1) is 22.2. The normalized spacial score (nSPS) is 12.5. The molecule has 0 aliphatic heterocycles. The molecule has 1 amide bonds. The van der Waals surface area contributed by atoms with Crippen molar-refractivity contribution in [2.75, 3.05) is 4.72 Å². The van der Waals surface area contributed by atoms with E-state index in [2.05, 4.69) is 18.8 Å². The molecule has 32 heavy (non-hydrogen) atoms. The van der Waals surface area contributed by atoms with Crippen molar-refractivity contribution in [1.82, 2.24) is 14.1 Å². The predicted octanol–water partition coefficient (Wildman–Crippen LogP) is 4.94. The van der Waals surface area contributed by atoms with Crippen molar-refractivity contribution in [2.45, 2.75) is 24.8 Å². The van der Waals surface area contributed by atoms with Crippen LogP contribution in [0.15, 0.2) is 65.6 Å². The number of hydrogen-bond donors (Lipinski definition) is 2. The average molecular weight is 487 g/mol. The highest BCUT2D eigenvalue weighted by atomic mass is 35.5. The molecule has 0 spiro atoms. The number of sulfonamides is 1. The molecule has 4 aromatic rings. The van der Waals surface area contributed by atoms with Gasteiger partial charge in [0, 0.05) is 5.02 Å². The molecular formula is C22H19ClN4O3S2. The van der Waals surface area contributed by atoms with E-state index in [9.17, 15) is 13.2 Å². The van der Waals surface area contributed by atoms with E-state index in [1.165, 1.54) is 24.3 Å². The SMILES string of the molecule is Cc1ccc(C(C)NC(=O)c2ccc(Cl)cc2NS(=O)(=O)c2cccc3nsnc23)cc1. The maximum absolute atomic E-state index is 13.1. The van der Waals surface area contributed by atoms with Crippen molar-refractivity contribution in [1.29, 1.82) is 0 Å². The number of fused-ring (bicyclic) bond motifs is 1. The fourth-order valence-electron chi connectivity index (χ4n) is 3.21. The topological polar surface area (TPSA) is 101 Å². The van der Waals surface area contributed by atoms with Gasteiger partial charge >= 0.3 is 0 Å². The Morgan fingerprint density at radius 2 is 1.81 bits per heavy atom. The van der Waals surface area contributed by atoms with Crippen molar-refractivity contribution in [3.63, 3.8) is 0 Å². The Morgan fingerprint density at radius 1 is 1.06 bits per heavy atom. The number of nitrogens with one attached hydrogen (secondary N) is 2. The minimum Gasteiger partial charge on any atom is -0.345 e. The third kappa shape index (κ3) is 4.59. The molecule has 4 rings (SSSR count). The lowest BCUT2D eigenvalue weighted by Gasteiger charge is -2.17. The van der Waals surface area contributed by atoms with Crippen LogP contribution in [0, 0.1) is 6.92 Å². The van der Waals surface area contributed by atoms with Crippen LogP contribution in [-0.2, 0) is 10.0 Å². The van der Waals surface area contributed by atoms with Crippen LogP contribution < -0.4 is 10.0 Å². The van der Waals surface area contributed by atoms with Gasteiger partial charge in [-0.05, 0) is 49.7 Å². The molecule has 2 N–H and O–H groups in total. The first-order chi connectivity index (χ1) is 15.2. The van der Waals surface area contributed by atoms with Gasteiger partial charge in [-0.3, -0.25) is 9.52 Å². The average Bonchev–Trinajstić information content (AvgIpc) is 3.22. The van der Waals surface area contributed by atoms with Gasteiger partial charge in [0.15, 0.2) is 0 Å². The summed E-state index contributed by atoms with van der Waals surface area (Å²) in [6.45, 7) is 3.85. The molecule has 0 saturated heterocycles. The molecule has 10 heteroatoms. The number of aryl methyl sites for hydroxylation is 1. The van der Waals surface area contributed by atoms with E-state index in [-0.39, 0.29) is 27.7 Å². The lowest BCUT2D eigenvalue weighted by molar-refractivity contribution is 0.0941. The first-order valence-corrected chi connectivity index (χ1v) is 12.2. The van der Waals surface area contributed by atoms with Gasteiger partial charge in [-0.25, -0.2) is 8.42 Å². The lowest BCUT2D eigenvalue weighted by Crippen LogP contribution is -2.28. The Balaban J connectivity index is 1.64. The zero-order chi connectivity index (χ0) is 22.9. The van der Waals surface area contributed by atoms with Gasteiger partial charge in [0.05, 0.1) is 29.0 Å². The molecule has 164 valence electrons. The number of anilines is 1. The van der Waals surface area contributed by atoms with E-state index in [1.54, 1.807) is 12.1 Å². The Labute approximate surface area is 194 Å². The van der Waals surface area contributed by atoms with Gasteiger partial charge in [0.25, 0.3) is 15.9 Å². The van der Waals surface area contributed by atoms with Gasteiger partial charge in [0.1, 0.15) is 15.9 Å². The summed E-state index contributed by atoms with van der Waals surface area (Å²) < 4.78 is 36.9. The van der Waals surface area contributed by atoms with Crippen LogP contribution in [0.4, 0.5) is 5.69 Å². The fourth-order valence-corrected chi connectivity index (χ4v) is 5.22. The second-order valence-corrected chi connectivity index (χ2v) is 9.91. The highest BCUT2D eigenvalue weighted by Crippen LogP contribution is 2.28. The largest absolute Gasteiger partial charge is 0.345 e. The third-order valence-corrected chi connectivity index (χ3v) is 7.11. The molecule has 7 nitrogen and oxygen atoms in total. The molecule has 0 fully saturated rings. The van der Waals surface area contributed by atoms with Gasteiger partial charge in [-0.15, -0.1) is 0 Å². The van der Waals surface area contributed by atoms with Crippen LogP contribution in [0.1, 0.15) is 34.5 Å². The van der Waals surface area contributed by atoms with E-state index in [1.807, 2.05) is 38.1 Å². The van der Waals surface area contributed by atoms with E-state index >= 15 is 0 Å². The second kappa shape index (κ2) is 8.85. The number of amides is 1. The number of rotatable bonds is 6. The third-order valence-electron chi connectivity index (χ3n) is 4.93. The van der Waals surface area contributed by atoms with Crippen molar-refractivity contribution in [3.8, 4) is 0 Å². The quantitative estimate of drug-likeness (QED) is 0.401. The maximum Gasteiger partial charge on any atom is 0.264 e. The summed E-state index contributed by atoms with van der Waals surface area (Å²) in [6.07, 6.45) is 0. The zero-order valence-corrected chi connectivity index (χ0v) is 19.6. The van der Waals surface area contributed by atoms with Crippen molar-refractivity contribution in [3.05, 3.63) is 82.4 Å². The van der Waals surface area contributed by atoms with Gasteiger partial charge in [-0.2, -0.15) is 8.75 Å². The number of hydrogen-bond acceptors (Lipinski definition) is 6. The zero-order valence-electron chi connectivity index (χ0n) is 17.2. The standard InChI is InChI=1S/C22H19ClN4O3S2/c1-13-6-8-15(9-7-13)14(2)24-22(28)17-11-10-16(23)12-19(17)27-32(29,30)20-5-3-4-18-21(20)26-31-25-18/h3-12,14,27H,1-2H3,(H,24,28). The van der Waals surface area contributed by atoms with Crippen LogP contribution >= 0.6 is 23.3 Å². The summed E-state index contributed by atoms with van der Waals surface area (Å²) in [4.78, 5) is 13.0. The number of halogens is 1. The van der Waals surface area contributed by atoms with Gasteiger partial charge in [-0.1, -0.05) is 47.5 Å². The monoisotopic (exact) mass is 486 g/mol. The van der Waals surface area contributed by atoms with Gasteiger partial charge in [0.2, 0.25) is 0 Å². The fraction of sp³-hybridized carbons (Fsp3) is 0.136. The predicted molar refractivity (Wildman–Crippen MR) is 127 cm³/mol. The molecule has 1 heterocycles. The van der Waals surface area contributed by atoms with E-state index in [4.69, 9.17) is 11.6 Å². The van der Waals surface area contributed by atoms with E-state index < -0.39 is 15.9 Å². The summed E-state index contributed by atoms with van der Waals surface area (Å²) >= 11 is 7.03. The van der Waals surface area contributed by atoms with Crippen molar-refractivity contribution >= 4 is 56.0 Å². The van der Waals surface area contributed by atoms with Crippen LogP contribution in [-0.4, -0.2) is 23.1 Å². The van der Waals surface area contributed by atoms with Crippen molar-refractivity contribution in [2.24, 2.45) is 0 Å². The highest BCUT2D eigenvalue weighted by Gasteiger charge is 2.23. The molecule has 0 radical (unpaired) electrons. The van der Waals surface area contributed by atoms with Crippen LogP contribution in [0.3, 0.4) is 0 Å². The number of benzene rings is 3. The number of carbonyl (C=O) groups is 1. The summed E-state index contributed by atoms with van der Waals surface area (Å²) in [5.74, 6) is -0.430. The molecule has 1 aromatic heterocycles. The molecule has 0 saturated carbocycles. The molecule has 0 bridgehead atoms.